The number of aliphatic hydroxyl groups is 1. The highest BCUT2D eigenvalue weighted by Crippen LogP contribution is 2.27. The first kappa shape index (κ1) is 16.5. The number of halogens is 1. The van der Waals surface area contributed by atoms with Crippen molar-refractivity contribution in [2.75, 3.05) is 13.6 Å². The lowest BCUT2D eigenvalue weighted by Gasteiger charge is -2.35. The molecule has 0 amide bonds. The van der Waals surface area contributed by atoms with Gasteiger partial charge in [0.15, 0.2) is 0 Å². The summed E-state index contributed by atoms with van der Waals surface area (Å²) in [6, 6.07) is 7.96. The van der Waals surface area contributed by atoms with Crippen LogP contribution in [0.25, 0.3) is 0 Å². The van der Waals surface area contributed by atoms with E-state index in [0.717, 1.165) is 12.1 Å². The Morgan fingerprint density at radius 3 is 2.37 bits per heavy atom. The van der Waals surface area contributed by atoms with E-state index in [1.165, 1.54) is 0 Å². The molecular formula is C16H26ClNO. The van der Waals surface area contributed by atoms with Crippen LogP contribution in [-0.2, 0) is 0 Å². The molecular weight excluding hydrogens is 258 g/mol. The molecule has 3 heteroatoms. The van der Waals surface area contributed by atoms with Crippen molar-refractivity contribution >= 4 is 11.6 Å². The minimum Gasteiger partial charge on any atom is -0.388 e. The summed E-state index contributed by atoms with van der Waals surface area (Å²) >= 11 is 6.10. The third-order valence-electron chi connectivity index (χ3n) is 3.93. The van der Waals surface area contributed by atoms with Gasteiger partial charge in [0.05, 0.1) is 6.10 Å². The molecule has 2 nitrogen and oxygen atoms in total. The summed E-state index contributed by atoms with van der Waals surface area (Å²) in [6.45, 7) is 9.78. The number of aliphatic hydroxyl groups excluding tert-OH is 1. The van der Waals surface area contributed by atoms with Crippen molar-refractivity contribution in [1.29, 1.82) is 0 Å². The van der Waals surface area contributed by atoms with Gasteiger partial charge < -0.3 is 10.0 Å². The van der Waals surface area contributed by atoms with Crippen LogP contribution in [0.15, 0.2) is 24.3 Å². The van der Waals surface area contributed by atoms with E-state index in [4.69, 9.17) is 11.6 Å². The van der Waals surface area contributed by atoms with Crippen molar-refractivity contribution in [1.82, 2.24) is 4.90 Å². The molecule has 0 aliphatic heterocycles. The molecule has 1 rings (SSSR count). The lowest BCUT2D eigenvalue weighted by molar-refractivity contribution is 0.104. The molecule has 0 saturated heterocycles. The van der Waals surface area contributed by atoms with Crippen LogP contribution in [0.1, 0.15) is 45.8 Å². The third-order valence-corrected chi connectivity index (χ3v) is 4.28. The van der Waals surface area contributed by atoms with Crippen molar-refractivity contribution < 1.29 is 5.11 Å². The van der Waals surface area contributed by atoms with Gasteiger partial charge in [0, 0.05) is 17.6 Å². The number of benzene rings is 1. The van der Waals surface area contributed by atoms with E-state index in [0.29, 0.717) is 17.5 Å². The molecule has 1 N–H and O–H groups in total. The summed E-state index contributed by atoms with van der Waals surface area (Å²) in [5, 5.41) is 10.9. The molecule has 0 heterocycles. The first-order chi connectivity index (χ1) is 8.73. The molecule has 0 aromatic heterocycles. The van der Waals surface area contributed by atoms with Gasteiger partial charge in [-0.05, 0) is 37.4 Å². The minimum absolute atomic E-state index is 0.240. The molecule has 0 aliphatic carbocycles. The maximum absolute atomic E-state index is 10.2. The summed E-state index contributed by atoms with van der Waals surface area (Å²) in [4.78, 5) is 2.29. The topological polar surface area (TPSA) is 23.5 Å². The van der Waals surface area contributed by atoms with Gasteiger partial charge in [-0.1, -0.05) is 50.6 Å². The van der Waals surface area contributed by atoms with Crippen LogP contribution in [-0.4, -0.2) is 29.6 Å². The van der Waals surface area contributed by atoms with Gasteiger partial charge in [0.2, 0.25) is 0 Å². The zero-order valence-corrected chi connectivity index (χ0v) is 13.4. The van der Waals surface area contributed by atoms with E-state index in [-0.39, 0.29) is 5.41 Å². The normalized spacial score (nSPS) is 15.6. The molecule has 1 aromatic rings. The molecule has 0 saturated carbocycles. The van der Waals surface area contributed by atoms with Gasteiger partial charge >= 0.3 is 0 Å². The van der Waals surface area contributed by atoms with Crippen LogP contribution in [0.3, 0.4) is 0 Å². The van der Waals surface area contributed by atoms with Crippen LogP contribution >= 0.6 is 11.6 Å². The number of rotatable bonds is 5. The van der Waals surface area contributed by atoms with Crippen molar-refractivity contribution in [2.45, 2.75) is 46.3 Å². The first-order valence-corrected chi connectivity index (χ1v) is 7.24. The summed E-state index contributed by atoms with van der Waals surface area (Å²) in [5.41, 5.74) is 1.06. The van der Waals surface area contributed by atoms with Crippen molar-refractivity contribution in [3.63, 3.8) is 0 Å². The van der Waals surface area contributed by atoms with Crippen molar-refractivity contribution in [2.24, 2.45) is 5.41 Å². The average molecular weight is 284 g/mol. The summed E-state index contributed by atoms with van der Waals surface area (Å²) in [7, 11) is 2.11. The Bertz CT molecular complexity index is 400. The second-order valence-electron chi connectivity index (χ2n) is 6.35. The van der Waals surface area contributed by atoms with Gasteiger partial charge in [0.1, 0.15) is 0 Å². The second kappa shape index (κ2) is 6.74. The van der Waals surface area contributed by atoms with Crippen molar-refractivity contribution in [3.05, 3.63) is 34.9 Å². The zero-order chi connectivity index (χ0) is 14.6. The van der Waals surface area contributed by atoms with Gasteiger partial charge in [-0.3, -0.25) is 0 Å². The van der Waals surface area contributed by atoms with Gasteiger partial charge in [0.25, 0.3) is 0 Å². The molecule has 0 radical (unpaired) electrons. The molecule has 0 aliphatic rings. The van der Waals surface area contributed by atoms with Crippen molar-refractivity contribution in [3.8, 4) is 0 Å². The summed E-state index contributed by atoms with van der Waals surface area (Å²) < 4.78 is 0. The van der Waals surface area contributed by atoms with Gasteiger partial charge in [-0.15, -0.1) is 0 Å². The number of nitrogens with zero attached hydrogens (tertiary/aromatic N) is 1. The highest BCUT2D eigenvalue weighted by Gasteiger charge is 2.24. The minimum atomic E-state index is -0.497. The predicted molar refractivity (Wildman–Crippen MR) is 82.6 cm³/mol. The summed E-state index contributed by atoms with van der Waals surface area (Å²) in [5.74, 6) is 0. The lowest BCUT2D eigenvalue weighted by atomic mass is 9.87. The largest absolute Gasteiger partial charge is 0.388 e. The fourth-order valence-electron chi connectivity index (χ4n) is 2.08. The lowest BCUT2D eigenvalue weighted by Crippen LogP contribution is -2.40. The van der Waals surface area contributed by atoms with Crippen LogP contribution in [0, 0.1) is 5.41 Å². The smallest absolute Gasteiger partial charge is 0.0816 e. The molecule has 0 bridgehead atoms. The molecule has 0 fully saturated rings. The van der Waals surface area contributed by atoms with E-state index in [9.17, 15) is 5.11 Å². The molecule has 2 atom stereocenters. The standard InChI is InChI=1S/C16H26ClNO/c1-12(16(2,3)4)18(5)11-10-15(19)13-8-6-7-9-14(13)17/h6-9,12,15,19H,10-11H2,1-5H3. The SMILES string of the molecule is CC(N(C)CCC(O)c1ccccc1Cl)C(C)(C)C. The highest BCUT2D eigenvalue weighted by molar-refractivity contribution is 6.31. The van der Waals surface area contributed by atoms with E-state index in [1.54, 1.807) is 0 Å². The molecule has 19 heavy (non-hydrogen) atoms. The van der Waals surface area contributed by atoms with Crippen LogP contribution in [0.2, 0.25) is 5.02 Å². The Labute approximate surface area is 122 Å². The number of hydrogen-bond acceptors (Lipinski definition) is 2. The Hall–Kier alpha value is -0.570. The van der Waals surface area contributed by atoms with E-state index in [2.05, 4.69) is 39.6 Å². The fourth-order valence-corrected chi connectivity index (χ4v) is 2.34. The number of hydrogen-bond donors (Lipinski definition) is 1. The quantitative estimate of drug-likeness (QED) is 0.878. The zero-order valence-electron chi connectivity index (χ0n) is 12.7. The second-order valence-corrected chi connectivity index (χ2v) is 6.76. The maximum Gasteiger partial charge on any atom is 0.0816 e. The van der Waals surface area contributed by atoms with E-state index < -0.39 is 6.10 Å². The van der Waals surface area contributed by atoms with E-state index >= 15 is 0 Å². The molecule has 1 aromatic carbocycles. The molecule has 0 spiro atoms. The Morgan fingerprint density at radius 2 is 1.84 bits per heavy atom. The van der Waals surface area contributed by atoms with E-state index in [1.807, 2.05) is 24.3 Å². The maximum atomic E-state index is 10.2. The molecule has 2 unspecified atom stereocenters. The summed E-state index contributed by atoms with van der Waals surface area (Å²) in [6.07, 6.45) is 0.198. The Kier molecular flexibility index (Phi) is 5.84. The van der Waals surface area contributed by atoms with Gasteiger partial charge in [-0.25, -0.2) is 0 Å². The Balaban J connectivity index is 2.56. The highest BCUT2D eigenvalue weighted by atomic mass is 35.5. The first-order valence-electron chi connectivity index (χ1n) is 6.86. The van der Waals surface area contributed by atoms with Crippen LogP contribution in [0.4, 0.5) is 0 Å². The third kappa shape index (κ3) is 4.79. The Morgan fingerprint density at radius 1 is 1.26 bits per heavy atom. The fraction of sp³-hybridized carbons (Fsp3) is 0.625. The van der Waals surface area contributed by atoms with Crippen LogP contribution < -0.4 is 0 Å². The van der Waals surface area contributed by atoms with Crippen LogP contribution in [0.5, 0.6) is 0 Å². The van der Waals surface area contributed by atoms with Gasteiger partial charge in [-0.2, -0.15) is 0 Å². The molecule has 108 valence electrons. The average Bonchev–Trinajstić information content (AvgIpc) is 2.34. The monoisotopic (exact) mass is 283 g/mol. The predicted octanol–water partition coefficient (Wildman–Crippen LogP) is 4.13.